The predicted octanol–water partition coefficient (Wildman–Crippen LogP) is 3.43. The van der Waals surface area contributed by atoms with Gasteiger partial charge in [0.05, 0.1) is 0 Å². The fourth-order valence-electron chi connectivity index (χ4n) is 3.54. The van der Waals surface area contributed by atoms with Crippen molar-refractivity contribution < 1.29 is 4.79 Å². The van der Waals surface area contributed by atoms with Gasteiger partial charge in [-0.2, -0.15) is 0 Å². The van der Waals surface area contributed by atoms with E-state index in [9.17, 15) is 4.79 Å². The molecule has 1 aromatic heterocycles. The number of hydrogen-bond acceptors (Lipinski definition) is 4. The monoisotopic (exact) mass is 347 g/mol. The Balaban J connectivity index is 1.59. The van der Waals surface area contributed by atoms with Crippen LogP contribution in [0.25, 0.3) is 10.6 Å². The van der Waals surface area contributed by atoms with Gasteiger partial charge in [-0.1, -0.05) is 23.7 Å². The first-order valence-electron chi connectivity index (χ1n) is 7.97. The fraction of sp³-hybridized carbons (Fsp3) is 0.412. The van der Waals surface area contributed by atoms with Crippen molar-refractivity contribution in [3.63, 3.8) is 0 Å². The van der Waals surface area contributed by atoms with Crippen LogP contribution in [-0.4, -0.2) is 41.0 Å². The van der Waals surface area contributed by atoms with Crippen molar-refractivity contribution in [3.8, 4) is 10.6 Å². The molecule has 23 heavy (non-hydrogen) atoms. The van der Waals surface area contributed by atoms with Crippen molar-refractivity contribution in [1.82, 2.24) is 15.2 Å². The Morgan fingerprint density at radius 2 is 2.00 bits per heavy atom. The minimum Gasteiger partial charge on any atom is -0.330 e. The SMILES string of the molecule is O=C(c1csc(-c2ccc(Cl)cc2)n1)N1C2CCNCC1CC2. The second kappa shape index (κ2) is 6.23. The zero-order chi connectivity index (χ0) is 15.8. The molecular weight excluding hydrogens is 330 g/mol. The lowest BCUT2D eigenvalue weighted by atomic mass is 10.1. The Morgan fingerprint density at radius 1 is 1.22 bits per heavy atom. The fourth-order valence-corrected chi connectivity index (χ4v) is 4.47. The lowest BCUT2D eigenvalue weighted by Gasteiger charge is -2.27. The van der Waals surface area contributed by atoms with Gasteiger partial charge in [0.25, 0.3) is 5.91 Å². The molecule has 6 heteroatoms. The highest BCUT2D eigenvalue weighted by Gasteiger charge is 2.39. The summed E-state index contributed by atoms with van der Waals surface area (Å²) in [4.78, 5) is 19.6. The van der Waals surface area contributed by atoms with Gasteiger partial charge in [-0.05, 0) is 37.9 Å². The summed E-state index contributed by atoms with van der Waals surface area (Å²) in [5, 5.41) is 6.88. The molecule has 2 saturated heterocycles. The van der Waals surface area contributed by atoms with E-state index in [2.05, 4.69) is 15.2 Å². The molecule has 120 valence electrons. The third-order valence-electron chi connectivity index (χ3n) is 4.70. The largest absolute Gasteiger partial charge is 0.330 e. The van der Waals surface area contributed by atoms with E-state index >= 15 is 0 Å². The average Bonchev–Trinajstić information content (AvgIpc) is 3.11. The summed E-state index contributed by atoms with van der Waals surface area (Å²) in [5.74, 6) is 0.0812. The molecule has 1 aromatic carbocycles. The number of aromatic nitrogens is 1. The molecule has 2 unspecified atom stereocenters. The first-order chi connectivity index (χ1) is 11.2. The summed E-state index contributed by atoms with van der Waals surface area (Å²) in [6, 6.07) is 8.25. The zero-order valence-electron chi connectivity index (χ0n) is 12.7. The van der Waals surface area contributed by atoms with E-state index in [0.717, 1.165) is 42.9 Å². The smallest absolute Gasteiger partial charge is 0.273 e. The second-order valence-corrected chi connectivity index (χ2v) is 7.43. The highest BCUT2D eigenvalue weighted by molar-refractivity contribution is 7.13. The van der Waals surface area contributed by atoms with Crippen LogP contribution < -0.4 is 5.32 Å². The van der Waals surface area contributed by atoms with E-state index in [1.807, 2.05) is 29.6 Å². The molecule has 0 aliphatic carbocycles. The number of amides is 1. The maximum atomic E-state index is 12.9. The number of rotatable bonds is 2. The summed E-state index contributed by atoms with van der Waals surface area (Å²) in [6.45, 7) is 1.90. The predicted molar refractivity (Wildman–Crippen MR) is 93.0 cm³/mol. The Kier molecular flexibility index (Phi) is 4.09. The molecule has 0 saturated carbocycles. The van der Waals surface area contributed by atoms with Gasteiger partial charge in [-0.15, -0.1) is 11.3 Å². The third-order valence-corrected chi connectivity index (χ3v) is 5.85. The van der Waals surface area contributed by atoms with E-state index in [0.29, 0.717) is 22.8 Å². The minimum atomic E-state index is 0.0812. The molecule has 2 atom stereocenters. The lowest BCUT2D eigenvalue weighted by Crippen LogP contribution is -2.42. The van der Waals surface area contributed by atoms with E-state index in [1.165, 1.54) is 11.3 Å². The van der Waals surface area contributed by atoms with Crippen molar-refractivity contribution in [2.24, 2.45) is 0 Å². The Labute approximate surface area is 144 Å². The highest BCUT2D eigenvalue weighted by Crippen LogP contribution is 2.31. The van der Waals surface area contributed by atoms with Crippen LogP contribution in [0.3, 0.4) is 0 Å². The molecule has 2 bridgehead atoms. The molecule has 4 nitrogen and oxygen atoms in total. The molecule has 2 aliphatic heterocycles. The second-order valence-electron chi connectivity index (χ2n) is 6.14. The Hall–Kier alpha value is -1.43. The normalized spacial score (nSPS) is 23.8. The highest BCUT2D eigenvalue weighted by atomic mass is 35.5. The molecule has 2 fully saturated rings. The first kappa shape index (κ1) is 15.1. The number of thiazole rings is 1. The molecule has 1 N–H and O–H groups in total. The number of nitrogens with one attached hydrogen (secondary N) is 1. The Morgan fingerprint density at radius 3 is 2.83 bits per heavy atom. The summed E-state index contributed by atoms with van der Waals surface area (Å²) in [7, 11) is 0. The van der Waals surface area contributed by atoms with Crippen molar-refractivity contribution in [3.05, 3.63) is 40.4 Å². The van der Waals surface area contributed by atoms with Gasteiger partial charge < -0.3 is 10.2 Å². The van der Waals surface area contributed by atoms with Crippen LogP contribution >= 0.6 is 22.9 Å². The van der Waals surface area contributed by atoms with E-state index in [1.54, 1.807) is 0 Å². The van der Waals surface area contributed by atoms with E-state index < -0.39 is 0 Å². The van der Waals surface area contributed by atoms with Gasteiger partial charge in [0.2, 0.25) is 0 Å². The molecule has 2 aromatic rings. The molecule has 4 rings (SSSR count). The van der Waals surface area contributed by atoms with E-state index in [-0.39, 0.29) is 5.91 Å². The van der Waals surface area contributed by atoms with Gasteiger partial charge in [-0.25, -0.2) is 4.98 Å². The molecule has 0 spiro atoms. The number of halogens is 1. The lowest BCUT2D eigenvalue weighted by molar-refractivity contribution is 0.0675. The standard InChI is InChI=1S/C17H18ClN3OS/c18-12-3-1-11(2-4-12)16-20-15(10-23-16)17(22)21-13-5-6-14(21)9-19-8-7-13/h1-4,10,13-14,19H,5-9H2. The zero-order valence-corrected chi connectivity index (χ0v) is 14.2. The van der Waals surface area contributed by atoms with Gasteiger partial charge in [0.1, 0.15) is 10.7 Å². The first-order valence-corrected chi connectivity index (χ1v) is 9.23. The number of hydrogen-bond donors (Lipinski definition) is 1. The molecule has 3 heterocycles. The number of nitrogens with zero attached hydrogens (tertiary/aromatic N) is 2. The molecule has 0 radical (unpaired) electrons. The molecular formula is C17H18ClN3OS. The van der Waals surface area contributed by atoms with Crippen LogP contribution in [0.2, 0.25) is 5.02 Å². The van der Waals surface area contributed by atoms with Crippen LogP contribution in [0.15, 0.2) is 29.6 Å². The summed E-state index contributed by atoms with van der Waals surface area (Å²) < 4.78 is 0. The average molecular weight is 348 g/mol. The molecule has 2 aliphatic rings. The number of carbonyl (C=O) groups excluding carboxylic acids is 1. The maximum absolute atomic E-state index is 12.9. The topological polar surface area (TPSA) is 45.2 Å². The van der Waals surface area contributed by atoms with Gasteiger partial charge >= 0.3 is 0 Å². The van der Waals surface area contributed by atoms with Crippen LogP contribution in [0.4, 0.5) is 0 Å². The van der Waals surface area contributed by atoms with Crippen molar-refractivity contribution in [2.75, 3.05) is 13.1 Å². The number of fused-ring (bicyclic) bond motifs is 2. The van der Waals surface area contributed by atoms with Gasteiger partial charge in [0, 0.05) is 34.6 Å². The summed E-state index contributed by atoms with van der Waals surface area (Å²) in [5.41, 5.74) is 1.57. The Bertz CT molecular complexity index is 701. The van der Waals surface area contributed by atoms with Crippen LogP contribution in [0, 0.1) is 0 Å². The quantitative estimate of drug-likeness (QED) is 0.905. The summed E-state index contributed by atoms with van der Waals surface area (Å²) in [6.07, 6.45) is 3.25. The van der Waals surface area contributed by atoms with Crippen molar-refractivity contribution in [1.29, 1.82) is 0 Å². The number of carbonyl (C=O) groups is 1. The molecule has 1 amide bonds. The number of benzene rings is 1. The van der Waals surface area contributed by atoms with Crippen LogP contribution in [-0.2, 0) is 0 Å². The van der Waals surface area contributed by atoms with Gasteiger partial charge in [-0.3, -0.25) is 4.79 Å². The van der Waals surface area contributed by atoms with Gasteiger partial charge in [0.15, 0.2) is 0 Å². The minimum absolute atomic E-state index is 0.0812. The third kappa shape index (κ3) is 2.89. The maximum Gasteiger partial charge on any atom is 0.273 e. The summed E-state index contributed by atoms with van der Waals surface area (Å²) >= 11 is 7.44. The van der Waals surface area contributed by atoms with E-state index in [4.69, 9.17) is 11.6 Å². The van der Waals surface area contributed by atoms with Crippen molar-refractivity contribution in [2.45, 2.75) is 31.3 Å². The van der Waals surface area contributed by atoms with Crippen LogP contribution in [0.1, 0.15) is 29.8 Å². The van der Waals surface area contributed by atoms with Crippen molar-refractivity contribution >= 4 is 28.8 Å². The van der Waals surface area contributed by atoms with Crippen LogP contribution in [0.5, 0.6) is 0 Å².